The SMILES string of the molecule is C/C=N/NC(=O)c1ccc(O)c(O)c1. The van der Waals surface area contributed by atoms with Crippen LogP contribution in [0.1, 0.15) is 17.3 Å². The van der Waals surface area contributed by atoms with Crippen molar-refractivity contribution in [2.45, 2.75) is 6.92 Å². The molecule has 0 aromatic heterocycles. The Morgan fingerprint density at radius 2 is 2.14 bits per heavy atom. The molecule has 0 radical (unpaired) electrons. The van der Waals surface area contributed by atoms with Crippen molar-refractivity contribution in [2.75, 3.05) is 0 Å². The lowest BCUT2D eigenvalue weighted by atomic mass is 10.2. The number of aromatic hydroxyl groups is 2. The molecule has 0 aliphatic rings. The topological polar surface area (TPSA) is 81.9 Å². The minimum Gasteiger partial charge on any atom is -0.504 e. The van der Waals surface area contributed by atoms with Gasteiger partial charge >= 0.3 is 0 Å². The highest BCUT2D eigenvalue weighted by Gasteiger charge is 2.07. The molecule has 0 spiro atoms. The minimum absolute atomic E-state index is 0.228. The van der Waals surface area contributed by atoms with Gasteiger partial charge in [-0.25, -0.2) is 5.43 Å². The first-order valence-corrected chi connectivity index (χ1v) is 3.95. The third-order valence-electron chi connectivity index (χ3n) is 1.53. The molecule has 74 valence electrons. The Balaban J connectivity index is 2.86. The second kappa shape index (κ2) is 4.27. The lowest BCUT2D eigenvalue weighted by molar-refractivity contribution is 0.0954. The van der Waals surface area contributed by atoms with E-state index in [4.69, 9.17) is 10.2 Å². The van der Waals surface area contributed by atoms with Gasteiger partial charge in [-0.1, -0.05) is 0 Å². The smallest absolute Gasteiger partial charge is 0.271 e. The molecule has 0 heterocycles. The summed E-state index contributed by atoms with van der Waals surface area (Å²) >= 11 is 0. The number of hydrogen-bond donors (Lipinski definition) is 3. The van der Waals surface area contributed by atoms with Crippen molar-refractivity contribution in [1.82, 2.24) is 5.43 Å². The van der Waals surface area contributed by atoms with Crippen LogP contribution in [0.4, 0.5) is 0 Å². The van der Waals surface area contributed by atoms with Crippen LogP contribution >= 0.6 is 0 Å². The second-order valence-electron chi connectivity index (χ2n) is 2.53. The summed E-state index contributed by atoms with van der Waals surface area (Å²) in [6.07, 6.45) is 1.43. The van der Waals surface area contributed by atoms with E-state index in [0.717, 1.165) is 6.07 Å². The number of carbonyl (C=O) groups excluding carboxylic acids is 1. The van der Waals surface area contributed by atoms with E-state index in [-0.39, 0.29) is 17.1 Å². The van der Waals surface area contributed by atoms with Crippen LogP contribution in [-0.4, -0.2) is 22.3 Å². The van der Waals surface area contributed by atoms with Crippen molar-refractivity contribution >= 4 is 12.1 Å². The van der Waals surface area contributed by atoms with Gasteiger partial charge in [0.2, 0.25) is 0 Å². The average Bonchev–Trinajstić information content (AvgIpc) is 2.18. The highest BCUT2D eigenvalue weighted by molar-refractivity contribution is 5.94. The number of amides is 1. The number of benzene rings is 1. The van der Waals surface area contributed by atoms with Crippen LogP contribution in [0, 0.1) is 0 Å². The normalized spacial score (nSPS) is 10.4. The van der Waals surface area contributed by atoms with Crippen molar-refractivity contribution in [3.05, 3.63) is 23.8 Å². The number of rotatable bonds is 2. The van der Waals surface area contributed by atoms with E-state index in [9.17, 15) is 4.79 Å². The molecule has 0 aliphatic heterocycles. The molecular weight excluding hydrogens is 184 g/mol. The molecule has 0 aliphatic carbocycles. The van der Waals surface area contributed by atoms with Gasteiger partial charge in [-0.2, -0.15) is 5.10 Å². The van der Waals surface area contributed by atoms with Crippen LogP contribution in [0.5, 0.6) is 11.5 Å². The molecule has 5 nitrogen and oxygen atoms in total. The summed E-state index contributed by atoms with van der Waals surface area (Å²) in [4.78, 5) is 11.2. The predicted molar refractivity (Wildman–Crippen MR) is 51.4 cm³/mol. The Hall–Kier alpha value is -2.04. The third-order valence-corrected chi connectivity index (χ3v) is 1.53. The maximum absolute atomic E-state index is 11.2. The summed E-state index contributed by atoms with van der Waals surface area (Å²) in [6.45, 7) is 1.66. The number of nitrogens with one attached hydrogen (secondary N) is 1. The summed E-state index contributed by atoms with van der Waals surface area (Å²) < 4.78 is 0. The van der Waals surface area contributed by atoms with Crippen LogP contribution in [0.15, 0.2) is 23.3 Å². The lowest BCUT2D eigenvalue weighted by Gasteiger charge is -2.01. The number of hydrazone groups is 1. The summed E-state index contributed by atoms with van der Waals surface area (Å²) in [6, 6.07) is 3.78. The predicted octanol–water partition coefficient (Wildman–Crippen LogP) is 0.833. The van der Waals surface area contributed by atoms with E-state index in [1.54, 1.807) is 6.92 Å². The Labute approximate surface area is 80.7 Å². The number of nitrogens with zero attached hydrogens (tertiary/aromatic N) is 1. The maximum atomic E-state index is 11.2. The summed E-state index contributed by atoms with van der Waals surface area (Å²) in [5.74, 6) is -1.04. The van der Waals surface area contributed by atoms with Crippen LogP contribution in [0.2, 0.25) is 0 Å². The number of carbonyl (C=O) groups is 1. The summed E-state index contributed by atoms with van der Waals surface area (Å²) in [7, 11) is 0. The van der Waals surface area contributed by atoms with E-state index in [2.05, 4.69) is 10.5 Å². The van der Waals surface area contributed by atoms with Crippen molar-refractivity contribution in [1.29, 1.82) is 0 Å². The Morgan fingerprint density at radius 3 is 2.71 bits per heavy atom. The molecule has 0 unspecified atom stereocenters. The van der Waals surface area contributed by atoms with E-state index in [1.807, 2.05) is 0 Å². The van der Waals surface area contributed by atoms with Gasteiger partial charge in [0.15, 0.2) is 11.5 Å². The van der Waals surface area contributed by atoms with Crippen LogP contribution in [-0.2, 0) is 0 Å². The van der Waals surface area contributed by atoms with E-state index in [1.165, 1.54) is 18.3 Å². The molecular formula is C9H10N2O3. The van der Waals surface area contributed by atoms with Crippen LogP contribution < -0.4 is 5.43 Å². The van der Waals surface area contributed by atoms with Crippen LogP contribution in [0.3, 0.4) is 0 Å². The third kappa shape index (κ3) is 2.22. The van der Waals surface area contributed by atoms with E-state index in [0.29, 0.717) is 0 Å². The van der Waals surface area contributed by atoms with Crippen LogP contribution in [0.25, 0.3) is 0 Å². The molecule has 0 saturated carbocycles. The van der Waals surface area contributed by atoms with Gasteiger partial charge in [0.05, 0.1) is 0 Å². The molecule has 14 heavy (non-hydrogen) atoms. The highest BCUT2D eigenvalue weighted by atomic mass is 16.3. The Kier molecular flexibility index (Phi) is 3.06. The zero-order chi connectivity index (χ0) is 10.6. The fourth-order valence-electron chi connectivity index (χ4n) is 0.852. The van der Waals surface area contributed by atoms with Gasteiger partial charge in [0.1, 0.15) is 0 Å². The van der Waals surface area contributed by atoms with E-state index < -0.39 is 5.91 Å². The number of phenolic OH excluding ortho intramolecular Hbond substituents is 2. The van der Waals surface area contributed by atoms with Gasteiger partial charge in [-0.15, -0.1) is 0 Å². The van der Waals surface area contributed by atoms with Gasteiger partial charge in [-0.3, -0.25) is 4.79 Å². The Morgan fingerprint density at radius 1 is 1.43 bits per heavy atom. The van der Waals surface area contributed by atoms with Gasteiger partial charge in [0.25, 0.3) is 5.91 Å². The monoisotopic (exact) mass is 194 g/mol. The second-order valence-corrected chi connectivity index (χ2v) is 2.53. The molecule has 1 rings (SSSR count). The number of phenols is 2. The molecule has 0 atom stereocenters. The molecule has 1 aromatic rings. The molecule has 1 aromatic carbocycles. The quantitative estimate of drug-likeness (QED) is 0.370. The first-order valence-electron chi connectivity index (χ1n) is 3.95. The number of hydrogen-bond acceptors (Lipinski definition) is 4. The fraction of sp³-hybridized carbons (Fsp3) is 0.111. The fourth-order valence-corrected chi connectivity index (χ4v) is 0.852. The van der Waals surface area contributed by atoms with Gasteiger partial charge in [-0.05, 0) is 25.1 Å². The average molecular weight is 194 g/mol. The summed E-state index contributed by atoms with van der Waals surface area (Å²) in [5, 5.41) is 21.6. The molecule has 0 fully saturated rings. The Bertz CT molecular complexity index is 374. The van der Waals surface area contributed by atoms with Crippen molar-refractivity contribution in [3.8, 4) is 11.5 Å². The van der Waals surface area contributed by atoms with Gasteiger partial charge in [0, 0.05) is 11.8 Å². The molecule has 0 bridgehead atoms. The molecule has 1 amide bonds. The van der Waals surface area contributed by atoms with Crippen molar-refractivity contribution in [3.63, 3.8) is 0 Å². The zero-order valence-electron chi connectivity index (χ0n) is 7.56. The minimum atomic E-state index is -0.446. The standard InChI is InChI=1S/C9H10N2O3/c1-2-10-11-9(14)6-3-4-7(12)8(13)5-6/h2-5,12-13H,1H3,(H,11,14)/b10-2+. The first kappa shape index (κ1) is 10.0. The molecule has 5 heteroatoms. The highest BCUT2D eigenvalue weighted by Crippen LogP contribution is 2.24. The zero-order valence-corrected chi connectivity index (χ0v) is 7.56. The van der Waals surface area contributed by atoms with Gasteiger partial charge < -0.3 is 10.2 Å². The first-order chi connectivity index (χ1) is 6.65. The largest absolute Gasteiger partial charge is 0.504 e. The van der Waals surface area contributed by atoms with Crippen molar-refractivity contribution < 1.29 is 15.0 Å². The van der Waals surface area contributed by atoms with Crippen molar-refractivity contribution in [2.24, 2.45) is 5.10 Å². The molecule has 3 N–H and O–H groups in total. The summed E-state index contributed by atoms with van der Waals surface area (Å²) in [5.41, 5.74) is 2.46. The lowest BCUT2D eigenvalue weighted by Crippen LogP contribution is -2.16. The van der Waals surface area contributed by atoms with E-state index >= 15 is 0 Å². The maximum Gasteiger partial charge on any atom is 0.271 e. The molecule has 0 saturated heterocycles.